The maximum absolute atomic E-state index is 13.6. The monoisotopic (exact) mass is 325 g/mol. The van der Waals surface area contributed by atoms with Crippen molar-refractivity contribution in [3.8, 4) is 11.1 Å². The Hall–Kier alpha value is -2.46. The first-order valence-electron chi connectivity index (χ1n) is 7.31. The van der Waals surface area contributed by atoms with Gasteiger partial charge in [-0.1, -0.05) is 42.5 Å². The van der Waals surface area contributed by atoms with E-state index in [-0.39, 0.29) is 11.7 Å². The van der Waals surface area contributed by atoms with Crippen LogP contribution >= 0.6 is 11.3 Å². The molecule has 0 atom stereocenters. The first-order valence-corrected chi connectivity index (χ1v) is 8.19. The first-order chi connectivity index (χ1) is 11.1. The zero-order valence-corrected chi connectivity index (χ0v) is 13.5. The molecule has 1 heterocycles. The van der Waals surface area contributed by atoms with Crippen molar-refractivity contribution >= 4 is 17.2 Å². The molecule has 3 aromatic rings. The molecular formula is C19H16FNOS. The highest BCUT2D eigenvalue weighted by Crippen LogP contribution is 2.28. The average Bonchev–Trinajstić information content (AvgIpc) is 3.06. The Bertz CT molecular complexity index is 826. The van der Waals surface area contributed by atoms with Crippen LogP contribution in [-0.2, 0) is 6.54 Å². The van der Waals surface area contributed by atoms with Crippen LogP contribution in [0.1, 0.15) is 20.8 Å². The molecule has 3 rings (SSSR count). The second kappa shape index (κ2) is 6.75. The van der Waals surface area contributed by atoms with Gasteiger partial charge in [-0.2, -0.15) is 0 Å². The predicted molar refractivity (Wildman–Crippen MR) is 92.1 cm³/mol. The molecule has 1 amide bonds. The number of nitrogens with one attached hydrogen (secondary N) is 1. The van der Waals surface area contributed by atoms with E-state index in [0.717, 1.165) is 16.7 Å². The highest BCUT2D eigenvalue weighted by Gasteiger charge is 2.14. The van der Waals surface area contributed by atoms with Crippen molar-refractivity contribution in [2.24, 2.45) is 0 Å². The second-order valence-corrected chi connectivity index (χ2v) is 6.21. The fourth-order valence-corrected chi connectivity index (χ4v) is 3.17. The number of rotatable bonds is 4. The molecule has 4 heteroatoms. The number of thiophene rings is 1. The molecule has 1 aromatic heterocycles. The van der Waals surface area contributed by atoms with Crippen LogP contribution in [-0.4, -0.2) is 5.91 Å². The van der Waals surface area contributed by atoms with Gasteiger partial charge in [0.2, 0.25) is 0 Å². The second-order valence-electron chi connectivity index (χ2n) is 5.30. The molecule has 0 aliphatic heterocycles. The highest BCUT2D eigenvalue weighted by atomic mass is 32.1. The van der Waals surface area contributed by atoms with Gasteiger partial charge in [-0.3, -0.25) is 4.79 Å². The van der Waals surface area contributed by atoms with Gasteiger partial charge in [0, 0.05) is 12.1 Å². The number of halogens is 1. The van der Waals surface area contributed by atoms with Gasteiger partial charge in [-0.05, 0) is 41.1 Å². The summed E-state index contributed by atoms with van der Waals surface area (Å²) < 4.78 is 13.6. The maximum Gasteiger partial charge on any atom is 0.262 e. The van der Waals surface area contributed by atoms with Crippen LogP contribution in [0.2, 0.25) is 0 Å². The molecule has 0 radical (unpaired) electrons. The summed E-state index contributed by atoms with van der Waals surface area (Å²) in [6, 6.07) is 16.8. The van der Waals surface area contributed by atoms with E-state index in [4.69, 9.17) is 0 Å². The molecule has 1 N–H and O–H groups in total. The van der Waals surface area contributed by atoms with Gasteiger partial charge in [0.05, 0.1) is 4.88 Å². The Morgan fingerprint density at radius 2 is 1.91 bits per heavy atom. The zero-order valence-electron chi connectivity index (χ0n) is 12.7. The van der Waals surface area contributed by atoms with Crippen LogP contribution in [0.3, 0.4) is 0 Å². The third-order valence-corrected chi connectivity index (χ3v) is 4.56. The van der Waals surface area contributed by atoms with Crippen LogP contribution in [0.15, 0.2) is 60.0 Å². The van der Waals surface area contributed by atoms with E-state index < -0.39 is 0 Å². The fourth-order valence-electron chi connectivity index (χ4n) is 2.34. The van der Waals surface area contributed by atoms with Gasteiger partial charge in [0.1, 0.15) is 5.82 Å². The normalized spacial score (nSPS) is 10.5. The summed E-state index contributed by atoms with van der Waals surface area (Å²) in [5, 5.41) is 4.77. The van der Waals surface area contributed by atoms with Gasteiger partial charge in [0.25, 0.3) is 5.91 Å². The Labute approximate surface area is 138 Å². The highest BCUT2D eigenvalue weighted by molar-refractivity contribution is 7.12. The lowest BCUT2D eigenvalue weighted by Crippen LogP contribution is -2.22. The number of hydrogen-bond acceptors (Lipinski definition) is 2. The number of carbonyl (C=O) groups excluding carboxylic acids is 1. The third kappa shape index (κ3) is 3.48. The van der Waals surface area contributed by atoms with Gasteiger partial charge >= 0.3 is 0 Å². The van der Waals surface area contributed by atoms with E-state index in [2.05, 4.69) is 5.32 Å². The Morgan fingerprint density at radius 3 is 2.65 bits per heavy atom. The quantitative estimate of drug-likeness (QED) is 0.734. The van der Waals surface area contributed by atoms with E-state index in [9.17, 15) is 9.18 Å². The van der Waals surface area contributed by atoms with E-state index in [0.29, 0.717) is 17.0 Å². The molecule has 0 bridgehead atoms. The summed E-state index contributed by atoms with van der Waals surface area (Å²) in [5.74, 6) is -0.391. The standard InChI is InChI=1S/C19H16FNOS/c1-13-7-8-14(11-17(13)20)12-21-19(22)18-16(9-10-23-18)15-5-3-2-4-6-15/h2-11H,12H2,1H3,(H,21,22). The lowest BCUT2D eigenvalue weighted by atomic mass is 10.1. The van der Waals surface area contributed by atoms with Crippen LogP contribution in [0.5, 0.6) is 0 Å². The maximum atomic E-state index is 13.6. The predicted octanol–water partition coefficient (Wildman–Crippen LogP) is 4.79. The molecule has 2 nitrogen and oxygen atoms in total. The molecule has 0 saturated heterocycles. The number of carbonyl (C=O) groups is 1. The van der Waals surface area contributed by atoms with Crippen LogP contribution in [0.25, 0.3) is 11.1 Å². The summed E-state index contributed by atoms with van der Waals surface area (Å²) in [6.07, 6.45) is 0. The average molecular weight is 325 g/mol. The topological polar surface area (TPSA) is 29.1 Å². The lowest BCUT2D eigenvalue weighted by Gasteiger charge is -2.07. The van der Waals surface area contributed by atoms with Crippen molar-refractivity contribution in [3.63, 3.8) is 0 Å². The zero-order chi connectivity index (χ0) is 16.2. The Kier molecular flexibility index (Phi) is 4.53. The summed E-state index contributed by atoms with van der Waals surface area (Å²) >= 11 is 1.41. The SMILES string of the molecule is Cc1ccc(CNC(=O)c2sccc2-c2ccccc2)cc1F. The van der Waals surface area contributed by atoms with Gasteiger partial charge < -0.3 is 5.32 Å². The minimum Gasteiger partial charge on any atom is -0.347 e. The van der Waals surface area contributed by atoms with Crippen LogP contribution in [0, 0.1) is 12.7 Å². The molecule has 0 fully saturated rings. The molecular weight excluding hydrogens is 309 g/mol. The van der Waals surface area contributed by atoms with Crippen molar-refractivity contribution in [1.82, 2.24) is 5.32 Å². The fraction of sp³-hybridized carbons (Fsp3) is 0.105. The van der Waals surface area contributed by atoms with E-state index in [1.807, 2.05) is 47.8 Å². The molecule has 0 aliphatic rings. The van der Waals surface area contributed by atoms with Crippen molar-refractivity contribution < 1.29 is 9.18 Å². The summed E-state index contributed by atoms with van der Waals surface area (Å²) in [7, 11) is 0. The third-order valence-electron chi connectivity index (χ3n) is 3.65. The molecule has 2 aromatic carbocycles. The summed E-state index contributed by atoms with van der Waals surface area (Å²) in [4.78, 5) is 13.1. The van der Waals surface area contributed by atoms with Crippen molar-refractivity contribution in [1.29, 1.82) is 0 Å². The van der Waals surface area contributed by atoms with E-state index >= 15 is 0 Å². The van der Waals surface area contributed by atoms with E-state index in [1.165, 1.54) is 17.4 Å². The number of benzene rings is 2. The molecule has 0 saturated carbocycles. The van der Waals surface area contributed by atoms with Crippen molar-refractivity contribution in [3.05, 3.63) is 81.8 Å². The molecule has 23 heavy (non-hydrogen) atoms. The smallest absolute Gasteiger partial charge is 0.262 e. The van der Waals surface area contributed by atoms with Crippen LogP contribution in [0.4, 0.5) is 4.39 Å². The van der Waals surface area contributed by atoms with Gasteiger partial charge in [-0.15, -0.1) is 11.3 Å². The number of amides is 1. The Morgan fingerprint density at radius 1 is 1.13 bits per heavy atom. The van der Waals surface area contributed by atoms with Crippen molar-refractivity contribution in [2.75, 3.05) is 0 Å². The largest absolute Gasteiger partial charge is 0.347 e. The first kappa shape index (κ1) is 15.4. The lowest BCUT2D eigenvalue weighted by molar-refractivity contribution is 0.0955. The molecule has 116 valence electrons. The minimum atomic E-state index is -0.252. The summed E-state index contributed by atoms with van der Waals surface area (Å²) in [6.45, 7) is 2.03. The minimum absolute atomic E-state index is 0.139. The molecule has 0 aliphatic carbocycles. The van der Waals surface area contributed by atoms with E-state index in [1.54, 1.807) is 13.0 Å². The molecule has 0 unspecified atom stereocenters. The number of hydrogen-bond donors (Lipinski definition) is 1. The number of aryl methyl sites for hydroxylation is 1. The molecule has 0 spiro atoms. The summed E-state index contributed by atoms with van der Waals surface area (Å²) in [5.41, 5.74) is 3.28. The van der Waals surface area contributed by atoms with Crippen molar-refractivity contribution in [2.45, 2.75) is 13.5 Å². The van der Waals surface area contributed by atoms with Gasteiger partial charge in [-0.25, -0.2) is 4.39 Å². The van der Waals surface area contributed by atoms with Crippen LogP contribution < -0.4 is 5.32 Å². The Balaban J connectivity index is 1.74. The van der Waals surface area contributed by atoms with Gasteiger partial charge in [0.15, 0.2) is 0 Å².